The molecule has 1 aromatic heterocycles. The van der Waals surface area contributed by atoms with Gasteiger partial charge in [0.2, 0.25) is 0 Å². The minimum absolute atomic E-state index is 0.0449. The molecule has 1 aromatic carbocycles. The van der Waals surface area contributed by atoms with Crippen molar-refractivity contribution in [3.05, 3.63) is 50.7 Å². The van der Waals surface area contributed by atoms with Crippen LogP contribution < -0.4 is 4.74 Å². The van der Waals surface area contributed by atoms with Gasteiger partial charge in [-0.15, -0.1) is 22.9 Å². The molecule has 1 aliphatic rings. The predicted octanol–water partition coefficient (Wildman–Crippen LogP) is 5.27. The zero-order valence-corrected chi connectivity index (χ0v) is 13.5. The summed E-state index contributed by atoms with van der Waals surface area (Å²) in [5.41, 5.74) is 3.90. The molecule has 0 saturated heterocycles. The van der Waals surface area contributed by atoms with Gasteiger partial charge in [0, 0.05) is 9.75 Å². The smallest absolute Gasteiger partial charge is 0.119 e. The Hall–Kier alpha value is -0.990. The van der Waals surface area contributed by atoms with Crippen LogP contribution in [0.4, 0.5) is 0 Å². The Morgan fingerprint density at radius 3 is 2.70 bits per heavy atom. The van der Waals surface area contributed by atoms with Gasteiger partial charge in [-0.2, -0.15) is 0 Å². The van der Waals surface area contributed by atoms with Crippen molar-refractivity contribution < 1.29 is 4.74 Å². The molecule has 20 heavy (non-hydrogen) atoms. The first-order valence-electron chi connectivity index (χ1n) is 7.09. The summed E-state index contributed by atoms with van der Waals surface area (Å²) < 4.78 is 5.26. The topological polar surface area (TPSA) is 9.23 Å². The number of thiophene rings is 1. The summed E-state index contributed by atoms with van der Waals surface area (Å²) in [6.07, 6.45) is 5.08. The van der Waals surface area contributed by atoms with Crippen molar-refractivity contribution in [3.63, 3.8) is 0 Å². The van der Waals surface area contributed by atoms with E-state index in [4.69, 9.17) is 16.3 Å². The average molecular weight is 307 g/mol. The van der Waals surface area contributed by atoms with Gasteiger partial charge >= 0.3 is 0 Å². The van der Waals surface area contributed by atoms with Crippen molar-refractivity contribution in [2.45, 2.75) is 38.0 Å². The molecular weight excluding hydrogens is 288 g/mol. The van der Waals surface area contributed by atoms with Gasteiger partial charge in [0.1, 0.15) is 5.75 Å². The molecule has 3 rings (SSSR count). The Balaban J connectivity index is 1.92. The van der Waals surface area contributed by atoms with Gasteiger partial charge in [-0.3, -0.25) is 0 Å². The van der Waals surface area contributed by atoms with E-state index in [-0.39, 0.29) is 5.38 Å². The monoisotopic (exact) mass is 306 g/mol. The lowest BCUT2D eigenvalue weighted by molar-refractivity contribution is 0.414. The highest BCUT2D eigenvalue weighted by atomic mass is 35.5. The van der Waals surface area contributed by atoms with Gasteiger partial charge in [0.25, 0.3) is 0 Å². The minimum atomic E-state index is -0.0449. The van der Waals surface area contributed by atoms with Crippen molar-refractivity contribution in [2.24, 2.45) is 0 Å². The lowest BCUT2D eigenvalue weighted by Crippen LogP contribution is -1.97. The van der Waals surface area contributed by atoms with Crippen LogP contribution >= 0.6 is 22.9 Å². The zero-order valence-electron chi connectivity index (χ0n) is 11.9. The molecular formula is C17H19ClOS. The van der Waals surface area contributed by atoms with Crippen molar-refractivity contribution in [2.75, 3.05) is 7.11 Å². The molecule has 0 spiro atoms. The molecule has 1 nitrogen and oxygen atoms in total. The first-order valence-corrected chi connectivity index (χ1v) is 8.34. The summed E-state index contributed by atoms with van der Waals surface area (Å²) in [4.78, 5) is 2.83. The van der Waals surface area contributed by atoms with Crippen LogP contribution in [0, 0.1) is 6.92 Å². The summed E-state index contributed by atoms with van der Waals surface area (Å²) in [5.74, 6) is 0.889. The molecule has 1 heterocycles. The van der Waals surface area contributed by atoms with E-state index in [9.17, 15) is 0 Å². The average Bonchev–Trinajstić information content (AvgIpc) is 2.90. The van der Waals surface area contributed by atoms with Crippen LogP contribution in [0.1, 0.15) is 44.7 Å². The lowest BCUT2D eigenvalue weighted by Gasteiger charge is -2.12. The molecule has 3 heteroatoms. The fourth-order valence-corrected chi connectivity index (χ4v) is 4.55. The van der Waals surface area contributed by atoms with E-state index in [2.05, 4.69) is 25.1 Å². The van der Waals surface area contributed by atoms with E-state index in [0.717, 1.165) is 5.75 Å². The number of halogens is 1. The molecule has 106 valence electrons. The first-order chi connectivity index (χ1) is 9.69. The largest absolute Gasteiger partial charge is 0.497 e. The van der Waals surface area contributed by atoms with Crippen LogP contribution in [-0.2, 0) is 12.8 Å². The minimum Gasteiger partial charge on any atom is -0.497 e. The third-order valence-electron chi connectivity index (χ3n) is 4.02. The highest BCUT2D eigenvalue weighted by Crippen LogP contribution is 2.39. The number of hydrogen-bond acceptors (Lipinski definition) is 2. The molecule has 2 aromatic rings. The van der Waals surface area contributed by atoms with Crippen molar-refractivity contribution in [1.29, 1.82) is 0 Å². The van der Waals surface area contributed by atoms with Crippen molar-refractivity contribution in [1.82, 2.24) is 0 Å². The van der Waals surface area contributed by atoms with Gasteiger partial charge in [0.05, 0.1) is 12.5 Å². The number of benzene rings is 1. The summed E-state index contributed by atoms with van der Waals surface area (Å²) >= 11 is 8.62. The lowest BCUT2D eigenvalue weighted by atomic mass is 9.98. The predicted molar refractivity (Wildman–Crippen MR) is 86.4 cm³/mol. The molecule has 0 N–H and O–H groups in total. The van der Waals surface area contributed by atoms with Crippen LogP contribution in [0.15, 0.2) is 24.3 Å². The molecule has 0 bridgehead atoms. The molecule has 1 atom stereocenters. The Morgan fingerprint density at radius 2 is 2.00 bits per heavy atom. The summed E-state index contributed by atoms with van der Waals surface area (Å²) in [7, 11) is 1.69. The van der Waals surface area contributed by atoms with E-state index in [1.54, 1.807) is 12.0 Å². The van der Waals surface area contributed by atoms with Crippen LogP contribution in [0.2, 0.25) is 0 Å². The van der Waals surface area contributed by atoms with Gasteiger partial charge in [0.15, 0.2) is 0 Å². The highest BCUT2D eigenvalue weighted by molar-refractivity contribution is 7.12. The fourth-order valence-electron chi connectivity index (χ4n) is 2.85. The first kappa shape index (κ1) is 14.0. The molecule has 0 saturated carbocycles. The second-order valence-electron chi connectivity index (χ2n) is 5.39. The van der Waals surface area contributed by atoms with E-state index in [0.29, 0.717) is 0 Å². The number of hydrogen-bond donors (Lipinski definition) is 0. The van der Waals surface area contributed by atoms with Gasteiger partial charge in [-0.05, 0) is 67.5 Å². The normalized spacial score (nSPS) is 15.8. The fraction of sp³-hybridized carbons (Fsp3) is 0.412. The molecule has 0 amide bonds. The number of methoxy groups -OCH3 is 1. The van der Waals surface area contributed by atoms with Crippen molar-refractivity contribution >= 4 is 22.9 Å². The van der Waals surface area contributed by atoms with Crippen LogP contribution in [0.5, 0.6) is 5.75 Å². The Morgan fingerprint density at radius 1 is 1.20 bits per heavy atom. The van der Waals surface area contributed by atoms with E-state index >= 15 is 0 Å². The Bertz CT molecular complexity index is 594. The number of fused-ring (bicyclic) bond motifs is 1. The quantitative estimate of drug-likeness (QED) is 0.702. The van der Waals surface area contributed by atoms with E-state index in [1.807, 2.05) is 17.4 Å². The van der Waals surface area contributed by atoms with E-state index in [1.165, 1.54) is 47.3 Å². The Kier molecular flexibility index (Phi) is 4.04. The molecule has 1 unspecified atom stereocenters. The highest BCUT2D eigenvalue weighted by Gasteiger charge is 2.20. The molecule has 0 aliphatic heterocycles. The second-order valence-corrected chi connectivity index (χ2v) is 6.99. The van der Waals surface area contributed by atoms with Crippen LogP contribution in [-0.4, -0.2) is 7.11 Å². The number of rotatable bonds is 3. The maximum atomic E-state index is 6.72. The van der Waals surface area contributed by atoms with Crippen LogP contribution in [0.25, 0.3) is 0 Å². The number of aryl methyl sites for hydroxylation is 3. The van der Waals surface area contributed by atoms with Gasteiger partial charge in [-0.1, -0.05) is 6.07 Å². The second kappa shape index (κ2) is 5.79. The molecule has 0 radical (unpaired) electrons. The van der Waals surface area contributed by atoms with Crippen LogP contribution in [0.3, 0.4) is 0 Å². The third kappa shape index (κ3) is 2.59. The summed E-state index contributed by atoms with van der Waals surface area (Å²) in [6, 6.07) is 8.45. The number of alkyl halides is 1. The number of ether oxygens (including phenoxy) is 1. The van der Waals surface area contributed by atoms with E-state index < -0.39 is 0 Å². The zero-order chi connectivity index (χ0) is 14.1. The summed E-state index contributed by atoms with van der Waals surface area (Å²) in [6.45, 7) is 2.10. The van der Waals surface area contributed by atoms with Gasteiger partial charge in [-0.25, -0.2) is 0 Å². The van der Waals surface area contributed by atoms with Crippen molar-refractivity contribution in [3.8, 4) is 5.75 Å². The third-order valence-corrected chi connectivity index (χ3v) is 5.92. The maximum absolute atomic E-state index is 6.72. The summed E-state index contributed by atoms with van der Waals surface area (Å²) in [5, 5.41) is -0.0449. The van der Waals surface area contributed by atoms with Gasteiger partial charge < -0.3 is 4.74 Å². The molecule has 0 fully saturated rings. The Labute approximate surface area is 129 Å². The standard InChI is InChI=1S/C17H19ClOS/c1-11-9-13(19-2)7-8-14(11)17(18)16-10-12-5-3-4-6-15(12)20-16/h7-10,17H,3-6H2,1-2H3. The SMILES string of the molecule is COc1ccc(C(Cl)c2cc3c(s2)CCCC3)c(C)c1. The maximum Gasteiger partial charge on any atom is 0.119 e. The molecule has 1 aliphatic carbocycles.